The van der Waals surface area contributed by atoms with E-state index in [1.54, 1.807) is 13.8 Å². The molecular weight excluding hydrogens is 284 g/mol. The van der Waals surface area contributed by atoms with Gasteiger partial charge in [0.15, 0.2) is 0 Å². The number of halogens is 3. The van der Waals surface area contributed by atoms with Crippen molar-refractivity contribution in [3.63, 3.8) is 0 Å². The lowest BCUT2D eigenvalue weighted by Gasteiger charge is -2.17. The maximum Gasteiger partial charge on any atom is 0.449 e. The lowest BCUT2D eigenvalue weighted by Crippen LogP contribution is -2.08. The van der Waals surface area contributed by atoms with Crippen LogP contribution in [0.25, 0.3) is 0 Å². The van der Waals surface area contributed by atoms with Gasteiger partial charge < -0.3 is 13.5 Å². The summed E-state index contributed by atoms with van der Waals surface area (Å²) in [4.78, 5) is 0. The molecule has 0 bridgehead atoms. The van der Waals surface area contributed by atoms with Crippen LogP contribution in [-0.2, 0) is 26.0 Å². The lowest BCUT2D eigenvalue weighted by molar-refractivity contribution is -0.153. The normalized spacial score (nSPS) is 12.9. The number of hydrogen-bond donors (Lipinski definition) is 0. The van der Waals surface area contributed by atoms with Crippen molar-refractivity contribution in [3.8, 4) is 0 Å². The van der Waals surface area contributed by atoms with Crippen LogP contribution in [0.4, 0.5) is 13.2 Å². The van der Waals surface area contributed by atoms with E-state index >= 15 is 0 Å². The molecule has 1 aromatic heterocycles. The van der Waals surface area contributed by atoms with E-state index < -0.39 is 25.7 Å². The van der Waals surface area contributed by atoms with Gasteiger partial charge in [0.05, 0.1) is 19.4 Å². The van der Waals surface area contributed by atoms with Crippen molar-refractivity contribution in [1.29, 1.82) is 0 Å². The highest BCUT2D eigenvalue weighted by molar-refractivity contribution is 7.53. The second-order valence-corrected chi connectivity index (χ2v) is 5.87. The first-order valence-electron chi connectivity index (χ1n) is 5.76. The third kappa shape index (κ3) is 4.37. The van der Waals surface area contributed by atoms with Crippen molar-refractivity contribution in [3.05, 3.63) is 23.2 Å². The fraction of sp³-hybridized carbons (Fsp3) is 0.636. The molecule has 8 heteroatoms. The molecular formula is C11H16F3O4P. The summed E-state index contributed by atoms with van der Waals surface area (Å²) < 4.78 is 65.0. The third-order valence-electron chi connectivity index (χ3n) is 2.21. The van der Waals surface area contributed by atoms with Crippen molar-refractivity contribution < 1.29 is 31.2 Å². The second kappa shape index (κ2) is 6.11. The van der Waals surface area contributed by atoms with E-state index in [4.69, 9.17) is 9.05 Å². The molecule has 0 spiro atoms. The minimum absolute atomic E-state index is 0.0927. The van der Waals surface area contributed by atoms with Gasteiger partial charge in [-0.15, -0.1) is 0 Å². The highest BCUT2D eigenvalue weighted by Gasteiger charge is 2.40. The fourth-order valence-corrected chi connectivity index (χ4v) is 3.35. The van der Waals surface area contributed by atoms with Gasteiger partial charge in [0.25, 0.3) is 0 Å². The zero-order chi connectivity index (χ0) is 14.7. The third-order valence-corrected chi connectivity index (χ3v) is 4.24. The Bertz CT molecular complexity index is 457. The standard InChI is InChI=1S/C11H16F3O4P/c1-4-16-19(15,17-5-2)7-9-6-8(3)18-10(9)11(12,13)14/h6H,4-5,7H2,1-3H3. The van der Waals surface area contributed by atoms with E-state index in [1.807, 2.05) is 0 Å². The molecule has 0 saturated heterocycles. The van der Waals surface area contributed by atoms with Gasteiger partial charge in [-0.1, -0.05) is 0 Å². The van der Waals surface area contributed by atoms with E-state index in [0.29, 0.717) is 0 Å². The lowest BCUT2D eigenvalue weighted by atomic mass is 10.2. The van der Waals surface area contributed by atoms with Gasteiger partial charge >= 0.3 is 13.8 Å². The van der Waals surface area contributed by atoms with Crippen LogP contribution in [0.3, 0.4) is 0 Å². The minimum Gasteiger partial charge on any atom is -0.456 e. The minimum atomic E-state index is -4.63. The number of rotatable bonds is 6. The average molecular weight is 300 g/mol. The molecule has 1 aromatic rings. The zero-order valence-electron chi connectivity index (χ0n) is 10.9. The molecule has 0 radical (unpaired) electrons. The van der Waals surface area contributed by atoms with Crippen LogP contribution < -0.4 is 0 Å². The van der Waals surface area contributed by atoms with Crippen molar-refractivity contribution in [2.24, 2.45) is 0 Å². The molecule has 110 valence electrons. The number of alkyl halides is 3. The average Bonchev–Trinajstić information content (AvgIpc) is 2.59. The summed E-state index contributed by atoms with van der Waals surface area (Å²) in [5, 5.41) is 0. The predicted molar refractivity (Wildman–Crippen MR) is 63.0 cm³/mol. The molecule has 4 nitrogen and oxygen atoms in total. The predicted octanol–water partition coefficient (Wildman–Crippen LogP) is 4.37. The first-order chi connectivity index (χ1) is 8.72. The van der Waals surface area contributed by atoms with Gasteiger partial charge in [-0.25, -0.2) is 0 Å². The van der Waals surface area contributed by atoms with Crippen LogP contribution in [0.1, 0.15) is 30.9 Å². The number of aryl methyl sites for hydroxylation is 1. The molecule has 0 aliphatic heterocycles. The fourth-order valence-electron chi connectivity index (χ4n) is 1.65. The van der Waals surface area contributed by atoms with E-state index in [9.17, 15) is 17.7 Å². The van der Waals surface area contributed by atoms with Crippen LogP contribution in [0.15, 0.2) is 10.5 Å². The summed E-state index contributed by atoms with van der Waals surface area (Å²) in [6.45, 7) is 4.77. The van der Waals surface area contributed by atoms with Crippen molar-refractivity contribution >= 4 is 7.60 Å². The van der Waals surface area contributed by atoms with Gasteiger partial charge in [0.2, 0.25) is 5.76 Å². The van der Waals surface area contributed by atoms with Gasteiger partial charge in [-0.05, 0) is 26.8 Å². The van der Waals surface area contributed by atoms with Crippen LogP contribution in [0.5, 0.6) is 0 Å². The van der Waals surface area contributed by atoms with Crippen molar-refractivity contribution in [2.45, 2.75) is 33.1 Å². The van der Waals surface area contributed by atoms with Gasteiger partial charge in [-0.3, -0.25) is 4.57 Å². The maximum atomic E-state index is 12.7. The molecule has 0 unspecified atom stereocenters. The van der Waals surface area contributed by atoms with E-state index in [1.165, 1.54) is 13.0 Å². The largest absolute Gasteiger partial charge is 0.456 e. The number of hydrogen-bond acceptors (Lipinski definition) is 4. The monoisotopic (exact) mass is 300 g/mol. The van der Waals surface area contributed by atoms with Crippen LogP contribution in [0.2, 0.25) is 0 Å². The van der Waals surface area contributed by atoms with E-state index in [-0.39, 0.29) is 24.5 Å². The summed E-state index contributed by atoms with van der Waals surface area (Å²) in [6, 6.07) is 1.20. The Labute approximate surface area is 109 Å². The van der Waals surface area contributed by atoms with Crippen molar-refractivity contribution in [1.82, 2.24) is 0 Å². The molecule has 0 aromatic carbocycles. The Morgan fingerprint density at radius 1 is 1.26 bits per heavy atom. The Kier molecular flexibility index (Phi) is 5.24. The van der Waals surface area contributed by atoms with E-state index in [0.717, 1.165) is 0 Å². The zero-order valence-corrected chi connectivity index (χ0v) is 11.8. The Hall–Kier alpha value is -0.780. The molecule has 1 rings (SSSR count). The first-order valence-corrected chi connectivity index (χ1v) is 7.49. The molecule has 19 heavy (non-hydrogen) atoms. The summed E-state index contributed by atoms with van der Waals surface area (Å²) in [7, 11) is -3.58. The van der Waals surface area contributed by atoms with Crippen LogP contribution in [-0.4, -0.2) is 13.2 Å². The molecule has 1 heterocycles. The summed E-state index contributed by atoms with van der Waals surface area (Å²) in [5.74, 6) is -1.05. The molecule has 0 N–H and O–H groups in total. The van der Waals surface area contributed by atoms with Gasteiger partial charge in [0, 0.05) is 5.56 Å². The van der Waals surface area contributed by atoms with E-state index in [2.05, 4.69) is 4.42 Å². The van der Waals surface area contributed by atoms with Gasteiger partial charge in [0.1, 0.15) is 5.76 Å². The summed E-state index contributed by atoms with van der Waals surface area (Å²) in [6.07, 6.45) is -5.09. The number of furan rings is 1. The molecule has 0 aliphatic rings. The Morgan fingerprint density at radius 2 is 1.79 bits per heavy atom. The topological polar surface area (TPSA) is 48.7 Å². The first kappa shape index (κ1) is 16.3. The SMILES string of the molecule is CCOP(=O)(Cc1cc(C)oc1C(F)(F)F)OCC. The maximum absolute atomic E-state index is 12.7. The van der Waals surface area contributed by atoms with Crippen LogP contribution >= 0.6 is 7.60 Å². The second-order valence-electron chi connectivity index (χ2n) is 3.81. The van der Waals surface area contributed by atoms with Crippen LogP contribution in [0, 0.1) is 6.92 Å². The molecule has 0 amide bonds. The highest BCUT2D eigenvalue weighted by Crippen LogP contribution is 2.53. The smallest absolute Gasteiger partial charge is 0.449 e. The quantitative estimate of drug-likeness (QED) is 0.732. The highest BCUT2D eigenvalue weighted by atomic mass is 31.2. The molecule has 0 fully saturated rings. The molecule has 0 atom stereocenters. The Morgan fingerprint density at radius 3 is 2.21 bits per heavy atom. The van der Waals surface area contributed by atoms with Crippen molar-refractivity contribution in [2.75, 3.05) is 13.2 Å². The summed E-state index contributed by atoms with van der Waals surface area (Å²) in [5.41, 5.74) is -0.213. The summed E-state index contributed by atoms with van der Waals surface area (Å²) >= 11 is 0. The molecule has 0 saturated carbocycles. The van der Waals surface area contributed by atoms with Gasteiger partial charge in [-0.2, -0.15) is 13.2 Å². The Balaban J connectivity index is 3.06. The molecule has 0 aliphatic carbocycles.